The molecule has 10 heteroatoms. The molecule has 0 bridgehead atoms. The van der Waals surface area contributed by atoms with Crippen LogP contribution in [0.25, 0.3) is 0 Å². The number of benzene rings is 1. The highest BCUT2D eigenvalue weighted by molar-refractivity contribution is 6.31. The molecule has 3 N–H and O–H groups in total. The minimum atomic E-state index is -0.512. The maximum absolute atomic E-state index is 13.4. The van der Waals surface area contributed by atoms with Crippen LogP contribution < -0.4 is 16.0 Å². The zero-order valence-corrected chi connectivity index (χ0v) is 17.7. The highest BCUT2D eigenvalue weighted by Crippen LogP contribution is 2.27. The van der Waals surface area contributed by atoms with Crippen LogP contribution >= 0.6 is 11.6 Å². The van der Waals surface area contributed by atoms with Crippen molar-refractivity contribution in [2.24, 2.45) is 0 Å². The van der Waals surface area contributed by atoms with E-state index >= 15 is 0 Å². The van der Waals surface area contributed by atoms with Gasteiger partial charge in [0.1, 0.15) is 23.8 Å². The van der Waals surface area contributed by atoms with Crippen molar-refractivity contribution in [1.82, 2.24) is 19.9 Å². The summed E-state index contributed by atoms with van der Waals surface area (Å²) in [6, 6.07) is 9.38. The second-order valence-electron chi connectivity index (χ2n) is 6.72. The molecule has 0 fully saturated rings. The highest BCUT2D eigenvalue weighted by Gasteiger charge is 2.10. The number of pyridine rings is 1. The van der Waals surface area contributed by atoms with Gasteiger partial charge < -0.3 is 20.9 Å². The molecule has 2 aromatic heterocycles. The molecular weight excluding hydrogens is 421 g/mol. The van der Waals surface area contributed by atoms with Crippen molar-refractivity contribution in [3.05, 3.63) is 71.9 Å². The zero-order chi connectivity index (χ0) is 22.2. The molecule has 3 rings (SSSR count). The van der Waals surface area contributed by atoms with Gasteiger partial charge in [0, 0.05) is 24.5 Å². The van der Waals surface area contributed by atoms with E-state index in [-0.39, 0.29) is 16.7 Å². The summed E-state index contributed by atoms with van der Waals surface area (Å²) in [6.45, 7) is 0.625. The van der Waals surface area contributed by atoms with E-state index in [0.29, 0.717) is 29.6 Å². The first-order valence-electron chi connectivity index (χ1n) is 9.29. The van der Waals surface area contributed by atoms with Gasteiger partial charge in [0.2, 0.25) is 5.91 Å². The fourth-order valence-electron chi connectivity index (χ4n) is 2.48. The lowest BCUT2D eigenvalue weighted by atomic mass is 10.3. The van der Waals surface area contributed by atoms with Crippen molar-refractivity contribution in [3.8, 4) is 0 Å². The van der Waals surface area contributed by atoms with Gasteiger partial charge in [0.25, 0.3) is 0 Å². The Hall–Kier alpha value is -3.56. The lowest BCUT2D eigenvalue weighted by molar-refractivity contribution is -0.111. The number of hydrogen-bond donors (Lipinski definition) is 3. The fourth-order valence-corrected chi connectivity index (χ4v) is 2.66. The third-order valence-electron chi connectivity index (χ3n) is 3.91. The number of anilines is 5. The topological polar surface area (TPSA) is 95.1 Å². The van der Waals surface area contributed by atoms with Gasteiger partial charge in [-0.15, -0.1) is 0 Å². The zero-order valence-electron chi connectivity index (χ0n) is 16.9. The largest absolute Gasteiger partial charge is 0.340 e. The van der Waals surface area contributed by atoms with E-state index < -0.39 is 5.82 Å². The number of carbonyl (C=O) groups is 1. The van der Waals surface area contributed by atoms with E-state index in [9.17, 15) is 9.18 Å². The molecule has 0 aliphatic carbocycles. The minimum absolute atomic E-state index is 0.00777. The standard InChI is InChI=1S/C21H21ClFN7O/c1-30(2)11-3-4-20(31)29-21-17(27-18-9-10-24-13-25-18)7-8-19(28-21)26-14-5-6-16(23)15(22)12-14/h3-10,12-13H,11H2,1-2H3,(H,24,25,27)(H2,26,28,29,31). The quantitative estimate of drug-likeness (QED) is 0.451. The van der Waals surface area contributed by atoms with E-state index in [2.05, 4.69) is 30.9 Å². The van der Waals surface area contributed by atoms with E-state index in [4.69, 9.17) is 11.6 Å². The van der Waals surface area contributed by atoms with Gasteiger partial charge in [0.05, 0.1) is 10.7 Å². The molecule has 0 atom stereocenters. The van der Waals surface area contributed by atoms with Crippen LogP contribution in [-0.4, -0.2) is 46.4 Å². The summed E-state index contributed by atoms with van der Waals surface area (Å²) in [6.07, 6.45) is 6.19. The number of carbonyl (C=O) groups excluding carboxylic acids is 1. The molecule has 0 aliphatic heterocycles. The molecule has 0 aliphatic rings. The number of aromatic nitrogens is 3. The Morgan fingerprint density at radius 1 is 1.16 bits per heavy atom. The van der Waals surface area contributed by atoms with Crippen molar-refractivity contribution < 1.29 is 9.18 Å². The van der Waals surface area contributed by atoms with Crippen LogP contribution in [0.5, 0.6) is 0 Å². The highest BCUT2D eigenvalue weighted by atomic mass is 35.5. The SMILES string of the molecule is CN(C)CC=CC(=O)Nc1nc(Nc2ccc(F)c(Cl)c2)ccc1Nc1ccncn1. The molecule has 0 radical (unpaired) electrons. The summed E-state index contributed by atoms with van der Waals surface area (Å²) < 4.78 is 13.4. The van der Waals surface area contributed by atoms with Crippen LogP contribution in [-0.2, 0) is 4.79 Å². The number of nitrogens with zero attached hydrogens (tertiary/aromatic N) is 4. The first-order chi connectivity index (χ1) is 14.9. The van der Waals surface area contributed by atoms with Crippen molar-refractivity contribution >= 4 is 46.3 Å². The molecule has 0 unspecified atom stereocenters. The van der Waals surface area contributed by atoms with Gasteiger partial charge in [0.15, 0.2) is 5.82 Å². The first kappa shape index (κ1) is 22.1. The number of rotatable bonds is 8. The molecule has 3 aromatic rings. The summed E-state index contributed by atoms with van der Waals surface area (Å²) in [7, 11) is 3.81. The van der Waals surface area contributed by atoms with Gasteiger partial charge in [-0.1, -0.05) is 17.7 Å². The molecule has 1 aromatic carbocycles. The normalized spacial score (nSPS) is 11.0. The Kier molecular flexibility index (Phi) is 7.47. The molecule has 31 heavy (non-hydrogen) atoms. The third-order valence-corrected chi connectivity index (χ3v) is 4.20. The maximum atomic E-state index is 13.4. The second-order valence-corrected chi connectivity index (χ2v) is 7.13. The average Bonchev–Trinajstić information content (AvgIpc) is 2.73. The lowest BCUT2D eigenvalue weighted by Crippen LogP contribution is -2.14. The van der Waals surface area contributed by atoms with E-state index in [1.165, 1.54) is 30.6 Å². The average molecular weight is 442 g/mol. The molecule has 8 nitrogen and oxygen atoms in total. The molecule has 0 saturated heterocycles. The fraction of sp³-hybridized carbons (Fsp3) is 0.143. The van der Waals surface area contributed by atoms with Crippen LogP contribution in [0.2, 0.25) is 5.02 Å². The lowest BCUT2D eigenvalue weighted by Gasteiger charge is -2.14. The predicted molar refractivity (Wildman–Crippen MR) is 121 cm³/mol. The number of halogens is 2. The maximum Gasteiger partial charge on any atom is 0.249 e. The summed E-state index contributed by atoms with van der Waals surface area (Å²) in [5.74, 6) is 0.422. The van der Waals surface area contributed by atoms with Gasteiger partial charge in [-0.3, -0.25) is 4.79 Å². The Bertz CT molecular complexity index is 1080. The third kappa shape index (κ3) is 6.73. The number of hydrogen-bond acceptors (Lipinski definition) is 7. The molecule has 2 heterocycles. The molecule has 0 saturated carbocycles. The van der Waals surface area contributed by atoms with Gasteiger partial charge in [-0.25, -0.2) is 19.3 Å². The molecule has 1 amide bonds. The van der Waals surface area contributed by atoms with E-state index in [1.54, 1.807) is 30.5 Å². The summed E-state index contributed by atoms with van der Waals surface area (Å²) >= 11 is 5.84. The van der Waals surface area contributed by atoms with Crippen molar-refractivity contribution in [2.75, 3.05) is 36.6 Å². The smallest absolute Gasteiger partial charge is 0.249 e. The van der Waals surface area contributed by atoms with Crippen LogP contribution in [0.3, 0.4) is 0 Å². The summed E-state index contributed by atoms with van der Waals surface area (Å²) in [5, 5.41) is 8.90. The van der Waals surface area contributed by atoms with Gasteiger partial charge in [-0.2, -0.15) is 0 Å². The van der Waals surface area contributed by atoms with E-state index in [1.807, 2.05) is 19.0 Å². The predicted octanol–water partition coefficient (Wildman–Crippen LogP) is 4.21. The van der Waals surface area contributed by atoms with Crippen molar-refractivity contribution in [3.63, 3.8) is 0 Å². The van der Waals surface area contributed by atoms with Gasteiger partial charge in [-0.05, 0) is 50.5 Å². The van der Waals surface area contributed by atoms with Crippen LogP contribution in [0.15, 0.2) is 61.1 Å². The van der Waals surface area contributed by atoms with Gasteiger partial charge >= 0.3 is 0 Å². The molecule has 160 valence electrons. The second kappa shape index (κ2) is 10.5. The van der Waals surface area contributed by atoms with E-state index in [0.717, 1.165) is 0 Å². The van der Waals surface area contributed by atoms with Crippen molar-refractivity contribution in [1.29, 1.82) is 0 Å². The van der Waals surface area contributed by atoms with Crippen LogP contribution in [0, 0.1) is 5.82 Å². The first-order valence-corrected chi connectivity index (χ1v) is 9.67. The van der Waals surface area contributed by atoms with Crippen molar-refractivity contribution in [2.45, 2.75) is 0 Å². The number of nitrogens with one attached hydrogen (secondary N) is 3. The Morgan fingerprint density at radius 3 is 2.71 bits per heavy atom. The summed E-state index contributed by atoms with van der Waals surface area (Å²) in [5.41, 5.74) is 1.09. The Balaban J connectivity index is 1.84. The minimum Gasteiger partial charge on any atom is -0.340 e. The Labute approximate surface area is 184 Å². The molecular formula is C21H21ClFN7O. The Morgan fingerprint density at radius 2 is 2.00 bits per heavy atom. The number of likely N-dealkylation sites (N-methyl/N-ethyl adjacent to an activating group) is 1. The van der Waals surface area contributed by atoms with Crippen LogP contribution in [0.4, 0.5) is 33.2 Å². The van der Waals surface area contributed by atoms with Crippen LogP contribution in [0.1, 0.15) is 0 Å². The molecule has 0 spiro atoms. The summed E-state index contributed by atoms with van der Waals surface area (Å²) in [4.78, 5) is 26.8. The number of amides is 1. The monoisotopic (exact) mass is 441 g/mol.